The lowest BCUT2D eigenvalue weighted by molar-refractivity contribution is 0.0697. The van der Waals surface area contributed by atoms with Crippen molar-refractivity contribution in [2.45, 2.75) is 22.0 Å². The fraction of sp³-hybridized carbons (Fsp3) is 0.167. The molecule has 3 rings (SSSR count). The third-order valence-electron chi connectivity index (χ3n) is 2.54. The molecule has 0 saturated carbocycles. The van der Waals surface area contributed by atoms with E-state index in [1.54, 1.807) is 29.5 Å². The van der Waals surface area contributed by atoms with Crippen LogP contribution in [0.25, 0.3) is 10.2 Å². The number of hydrogen-bond donors (Lipinski definition) is 1. The average Bonchev–Trinajstić information content (AvgIpc) is 3.03. The van der Waals surface area contributed by atoms with Crippen LogP contribution in [0.3, 0.4) is 0 Å². The first-order chi connectivity index (χ1) is 9.65. The highest BCUT2D eigenvalue weighted by molar-refractivity contribution is 8.02. The molecule has 0 atom stereocenters. The zero-order valence-corrected chi connectivity index (χ0v) is 12.8. The predicted octanol–water partition coefficient (Wildman–Crippen LogP) is 3.56. The lowest BCUT2D eigenvalue weighted by Crippen LogP contribution is -1.94. The Balaban J connectivity index is 1.90. The summed E-state index contributed by atoms with van der Waals surface area (Å²) < 4.78 is 2.58. The van der Waals surface area contributed by atoms with Crippen molar-refractivity contribution in [3.63, 3.8) is 0 Å². The molecule has 8 heteroatoms. The number of benzene rings is 1. The summed E-state index contributed by atoms with van der Waals surface area (Å²) in [6.07, 6.45) is 0.875. The summed E-state index contributed by atoms with van der Waals surface area (Å²) in [5.74, 6) is -0.925. The van der Waals surface area contributed by atoms with Crippen molar-refractivity contribution in [2.75, 3.05) is 0 Å². The van der Waals surface area contributed by atoms with Gasteiger partial charge in [-0.2, -0.15) is 0 Å². The number of hydrogen-bond acceptors (Lipinski definition) is 7. The molecule has 0 aliphatic heterocycles. The molecule has 2 heterocycles. The summed E-state index contributed by atoms with van der Waals surface area (Å²) in [5, 5.41) is 18.2. The predicted molar refractivity (Wildman–Crippen MR) is 80.0 cm³/mol. The SMILES string of the molecule is CCc1nnc(Sc2nc3ccc(C(=O)O)cc3s2)s1. The minimum atomic E-state index is -0.925. The van der Waals surface area contributed by atoms with E-state index < -0.39 is 5.97 Å². The number of rotatable bonds is 4. The van der Waals surface area contributed by atoms with Crippen LogP contribution < -0.4 is 0 Å². The third kappa shape index (κ3) is 2.67. The van der Waals surface area contributed by atoms with Gasteiger partial charge in [0.2, 0.25) is 0 Å². The number of nitrogens with zero attached hydrogens (tertiary/aromatic N) is 3. The molecule has 0 fully saturated rings. The molecular weight excluding hydrogens is 314 g/mol. The van der Waals surface area contributed by atoms with Gasteiger partial charge in [-0.15, -0.1) is 21.5 Å². The molecule has 1 aromatic carbocycles. The van der Waals surface area contributed by atoms with Crippen molar-refractivity contribution < 1.29 is 9.90 Å². The van der Waals surface area contributed by atoms with Gasteiger partial charge in [-0.05, 0) is 36.4 Å². The van der Waals surface area contributed by atoms with Crippen LogP contribution >= 0.6 is 34.4 Å². The highest BCUT2D eigenvalue weighted by Crippen LogP contribution is 2.36. The summed E-state index contributed by atoms with van der Waals surface area (Å²) in [7, 11) is 0. The van der Waals surface area contributed by atoms with E-state index in [4.69, 9.17) is 5.11 Å². The Kier molecular flexibility index (Phi) is 3.68. The van der Waals surface area contributed by atoms with E-state index in [1.165, 1.54) is 23.1 Å². The average molecular weight is 323 g/mol. The van der Waals surface area contributed by atoms with Crippen LogP contribution in [0.15, 0.2) is 26.9 Å². The summed E-state index contributed by atoms with van der Waals surface area (Å²) >= 11 is 4.50. The van der Waals surface area contributed by atoms with Crippen LogP contribution in [0.4, 0.5) is 0 Å². The number of aryl methyl sites for hydroxylation is 1. The van der Waals surface area contributed by atoms with Gasteiger partial charge in [-0.25, -0.2) is 9.78 Å². The Morgan fingerprint density at radius 1 is 1.30 bits per heavy atom. The summed E-state index contributed by atoms with van der Waals surface area (Å²) in [5.41, 5.74) is 1.09. The van der Waals surface area contributed by atoms with Gasteiger partial charge in [-0.3, -0.25) is 0 Å². The third-order valence-corrected chi connectivity index (χ3v) is 5.74. The minimum Gasteiger partial charge on any atom is -0.478 e. The highest BCUT2D eigenvalue weighted by atomic mass is 32.2. The van der Waals surface area contributed by atoms with Gasteiger partial charge in [0.25, 0.3) is 0 Å². The summed E-state index contributed by atoms with van der Waals surface area (Å²) in [4.78, 5) is 15.4. The van der Waals surface area contributed by atoms with Crippen molar-refractivity contribution in [1.29, 1.82) is 0 Å². The van der Waals surface area contributed by atoms with E-state index in [0.29, 0.717) is 0 Å². The van der Waals surface area contributed by atoms with Gasteiger partial charge in [0, 0.05) is 0 Å². The van der Waals surface area contributed by atoms with E-state index >= 15 is 0 Å². The van der Waals surface area contributed by atoms with Crippen LogP contribution in [0.5, 0.6) is 0 Å². The minimum absolute atomic E-state index is 0.280. The maximum absolute atomic E-state index is 10.9. The Morgan fingerprint density at radius 2 is 2.15 bits per heavy atom. The smallest absolute Gasteiger partial charge is 0.335 e. The Bertz CT molecular complexity index is 781. The van der Waals surface area contributed by atoms with Crippen molar-refractivity contribution in [1.82, 2.24) is 15.2 Å². The number of aromatic nitrogens is 3. The van der Waals surface area contributed by atoms with Crippen LogP contribution in [-0.4, -0.2) is 26.3 Å². The zero-order chi connectivity index (χ0) is 14.1. The highest BCUT2D eigenvalue weighted by Gasteiger charge is 2.11. The maximum Gasteiger partial charge on any atom is 0.335 e. The zero-order valence-electron chi connectivity index (χ0n) is 10.4. The second-order valence-electron chi connectivity index (χ2n) is 3.88. The molecule has 0 amide bonds. The normalized spacial score (nSPS) is 11.1. The van der Waals surface area contributed by atoms with E-state index in [-0.39, 0.29) is 5.56 Å². The number of carbonyl (C=O) groups is 1. The van der Waals surface area contributed by atoms with E-state index in [2.05, 4.69) is 15.2 Å². The molecular formula is C12H9N3O2S3. The standard InChI is InChI=1S/C12H9N3O2S3/c1-2-9-14-15-12(19-9)20-11-13-7-4-3-6(10(16)17)5-8(7)18-11/h3-5H,2H2,1H3,(H,16,17). The van der Waals surface area contributed by atoms with Crippen LogP contribution in [-0.2, 0) is 6.42 Å². The Hall–Kier alpha value is -1.51. The van der Waals surface area contributed by atoms with E-state index in [1.807, 2.05) is 6.92 Å². The number of fused-ring (bicyclic) bond motifs is 1. The molecule has 0 bridgehead atoms. The van der Waals surface area contributed by atoms with Crippen molar-refractivity contribution >= 4 is 50.6 Å². The van der Waals surface area contributed by atoms with Crippen LogP contribution in [0.1, 0.15) is 22.3 Å². The van der Waals surface area contributed by atoms with Gasteiger partial charge >= 0.3 is 5.97 Å². The molecule has 0 aliphatic rings. The molecule has 0 unspecified atom stereocenters. The maximum atomic E-state index is 10.9. The van der Waals surface area contributed by atoms with Crippen LogP contribution in [0, 0.1) is 0 Å². The lowest BCUT2D eigenvalue weighted by atomic mass is 10.2. The largest absolute Gasteiger partial charge is 0.478 e. The summed E-state index contributed by atoms with van der Waals surface area (Å²) in [6.45, 7) is 2.04. The van der Waals surface area contributed by atoms with Gasteiger partial charge in [0.05, 0.1) is 15.8 Å². The molecule has 1 N–H and O–H groups in total. The molecule has 20 heavy (non-hydrogen) atoms. The molecule has 0 spiro atoms. The second kappa shape index (κ2) is 5.47. The molecule has 2 aromatic heterocycles. The number of carboxylic acids is 1. The van der Waals surface area contributed by atoms with Crippen LogP contribution in [0.2, 0.25) is 0 Å². The molecule has 0 aliphatic carbocycles. The van der Waals surface area contributed by atoms with Gasteiger partial charge < -0.3 is 5.11 Å². The first-order valence-electron chi connectivity index (χ1n) is 5.80. The number of thiazole rings is 1. The second-order valence-corrected chi connectivity index (χ2v) is 7.47. The number of carboxylic acid groups (broad SMARTS) is 1. The Labute approximate surface area is 126 Å². The summed E-state index contributed by atoms with van der Waals surface area (Å²) in [6, 6.07) is 4.95. The van der Waals surface area contributed by atoms with Crippen molar-refractivity contribution in [3.05, 3.63) is 28.8 Å². The Morgan fingerprint density at radius 3 is 2.85 bits per heavy atom. The van der Waals surface area contributed by atoms with E-state index in [9.17, 15) is 4.79 Å². The quantitative estimate of drug-likeness (QED) is 0.791. The monoisotopic (exact) mass is 323 g/mol. The van der Waals surface area contributed by atoms with Gasteiger partial charge in [0.1, 0.15) is 5.01 Å². The van der Waals surface area contributed by atoms with Gasteiger partial charge in [0.15, 0.2) is 8.68 Å². The van der Waals surface area contributed by atoms with Gasteiger partial charge in [-0.1, -0.05) is 18.3 Å². The molecule has 0 radical (unpaired) electrons. The molecule has 5 nitrogen and oxygen atoms in total. The van der Waals surface area contributed by atoms with E-state index in [0.717, 1.165) is 30.3 Å². The first kappa shape index (κ1) is 13.5. The number of aromatic carboxylic acids is 1. The van der Waals surface area contributed by atoms with Crippen molar-refractivity contribution in [2.24, 2.45) is 0 Å². The molecule has 3 aromatic rings. The lowest BCUT2D eigenvalue weighted by Gasteiger charge is -1.91. The fourth-order valence-electron chi connectivity index (χ4n) is 1.58. The first-order valence-corrected chi connectivity index (χ1v) is 8.25. The molecule has 102 valence electrons. The molecule has 0 saturated heterocycles. The fourth-order valence-corrected chi connectivity index (χ4v) is 4.72. The topological polar surface area (TPSA) is 76.0 Å². The van der Waals surface area contributed by atoms with Crippen molar-refractivity contribution in [3.8, 4) is 0 Å².